The van der Waals surface area contributed by atoms with Crippen molar-refractivity contribution in [1.29, 1.82) is 0 Å². The van der Waals surface area contributed by atoms with Gasteiger partial charge in [0.15, 0.2) is 11.8 Å². The number of carbonyl (C=O) groups is 2. The Morgan fingerprint density at radius 2 is 1.94 bits per heavy atom. The van der Waals surface area contributed by atoms with Crippen LogP contribution in [0.15, 0.2) is 29.2 Å². The molecular formula is C10H11MgNO5S. The van der Waals surface area contributed by atoms with Crippen LogP contribution in [0.25, 0.3) is 0 Å². The van der Waals surface area contributed by atoms with Crippen molar-refractivity contribution in [2.45, 2.75) is 10.9 Å². The summed E-state index contributed by atoms with van der Waals surface area (Å²) in [6.45, 7) is 0. The molecule has 0 saturated heterocycles. The Labute approximate surface area is 123 Å². The van der Waals surface area contributed by atoms with Crippen LogP contribution in [0.2, 0.25) is 0 Å². The number of benzene rings is 1. The maximum atomic E-state index is 12.0. The van der Waals surface area contributed by atoms with Crippen LogP contribution >= 0.6 is 0 Å². The SMILES string of the molecule is CN1C(C(=O)O)C(=O)c2ccccc2S1(=O)=O.[H-].[H-].[Mg+2]. The van der Waals surface area contributed by atoms with E-state index in [1.54, 1.807) is 0 Å². The number of rotatable bonds is 1. The van der Waals surface area contributed by atoms with Crippen LogP contribution in [0.1, 0.15) is 13.2 Å². The molecule has 0 radical (unpaired) electrons. The molecule has 2 rings (SSSR count). The maximum Gasteiger partial charge on any atom is 2.00 e. The predicted octanol–water partition coefficient (Wildman–Crippen LogP) is -0.199. The minimum atomic E-state index is -3.92. The first-order chi connectivity index (χ1) is 7.87. The van der Waals surface area contributed by atoms with Crippen molar-refractivity contribution in [3.05, 3.63) is 29.8 Å². The second kappa shape index (κ2) is 4.96. The fraction of sp³-hybridized carbons (Fsp3) is 0.200. The maximum absolute atomic E-state index is 12.0. The van der Waals surface area contributed by atoms with E-state index in [4.69, 9.17) is 5.11 Å². The standard InChI is InChI=1S/C10H9NO5S.Mg.2H/c1-11-8(10(13)14)9(12)6-4-2-3-5-7(6)17(11,15)16;;;/h2-5,8H,1H3,(H,13,14);;;/q;+2;2*-1. The van der Waals surface area contributed by atoms with Gasteiger partial charge in [-0.25, -0.2) is 13.2 Å². The molecule has 0 aromatic heterocycles. The summed E-state index contributed by atoms with van der Waals surface area (Å²) in [6, 6.07) is 3.90. The van der Waals surface area contributed by atoms with E-state index in [0.29, 0.717) is 4.31 Å². The van der Waals surface area contributed by atoms with Gasteiger partial charge in [-0.1, -0.05) is 12.1 Å². The molecule has 1 aromatic rings. The van der Waals surface area contributed by atoms with Gasteiger partial charge in [-0.05, 0) is 12.1 Å². The molecule has 1 aromatic carbocycles. The smallest absolute Gasteiger partial charge is 1.00 e. The topological polar surface area (TPSA) is 91.8 Å². The number of hydrogen-bond donors (Lipinski definition) is 1. The molecule has 1 unspecified atom stereocenters. The molecule has 1 N–H and O–H groups in total. The van der Waals surface area contributed by atoms with E-state index in [1.165, 1.54) is 24.3 Å². The molecule has 1 aliphatic rings. The molecule has 8 heteroatoms. The van der Waals surface area contributed by atoms with Crippen LogP contribution < -0.4 is 0 Å². The first kappa shape index (κ1) is 15.1. The van der Waals surface area contributed by atoms with E-state index in [-0.39, 0.29) is 36.4 Å². The summed E-state index contributed by atoms with van der Waals surface area (Å²) in [4.78, 5) is 22.7. The summed E-state index contributed by atoms with van der Waals surface area (Å²) in [5.41, 5.74) is -0.0713. The monoisotopic (exact) mass is 281 g/mol. The summed E-state index contributed by atoms with van der Waals surface area (Å²) in [5.74, 6) is -2.19. The van der Waals surface area contributed by atoms with Gasteiger partial charge in [-0.15, -0.1) is 0 Å². The van der Waals surface area contributed by atoms with Crippen molar-refractivity contribution >= 4 is 44.8 Å². The van der Waals surface area contributed by atoms with Gasteiger partial charge in [0, 0.05) is 12.6 Å². The first-order valence-electron chi connectivity index (χ1n) is 4.71. The minimum Gasteiger partial charge on any atom is -1.00 e. The Balaban J connectivity index is 0. The van der Waals surface area contributed by atoms with Crippen LogP contribution in [-0.4, -0.2) is 65.7 Å². The Kier molecular flexibility index (Phi) is 4.16. The molecule has 94 valence electrons. The van der Waals surface area contributed by atoms with Crippen molar-refractivity contribution in [2.75, 3.05) is 7.05 Å². The normalized spacial score (nSPS) is 21.8. The number of ketones is 1. The second-order valence-corrected chi connectivity index (χ2v) is 5.59. The third-order valence-corrected chi connectivity index (χ3v) is 4.54. The summed E-state index contributed by atoms with van der Waals surface area (Å²) in [6.07, 6.45) is 0. The van der Waals surface area contributed by atoms with E-state index in [1.807, 2.05) is 0 Å². The molecule has 0 spiro atoms. The second-order valence-electron chi connectivity index (χ2n) is 3.62. The Morgan fingerprint density at radius 3 is 2.50 bits per heavy atom. The van der Waals surface area contributed by atoms with Crippen molar-refractivity contribution in [3.8, 4) is 0 Å². The summed E-state index contributed by atoms with van der Waals surface area (Å²) < 4.78 is 24.5. The number of carboxylic acids is 1. The molecule has 6 nitrogen and oxygen atoms in total. The van der Waals surface area contributed by atoms with E-state index in [0.717, 1.165) is 7.05 Å². The molecule has 1 atom stereocenters. The predicted molar refractivity (Wildman–Crippen MR) is 65.1 cm³/mol. The van der Waals surface area contributed by atoms with Crippen molar-refractivity contribution in [2.24, 2.45) is 0 Å². The van der Waals surface area contributed by atoms with Gasteiger partial charge in [0.05, 0.1) is 4.90 Å². The van der Waals surface area contributed by atoms with Gasteiger partial charge >= 0.3 is 29.0 Å². The largest absolute Gasteiger partial charge is 2.00 e. The van der Waals surface area contributed by atoms with Gasteiger partial charge in [-0.2, -0.15) is 4.31 Å². The third kappa shape index (κ3) is 2.05. The number of carboxylic acid groups (broad SMARTS) is 1. The summed E-state index contributed by atoms with van der Waals surface area (Å²) in [5, 5.41) is 8.91. The number of carbonyl (C=O) groups excluding carboxylic acids is 1. The average Bonchev–Trinajstić information content (AvgIpc) is 2.27. The molecule has 0 saturated carbocycles. The van der Waals surface area contributed by atoms with Gasteiger partial charge in [0.25, 0.3) is 0 Å². The fourth-order valence-corrected chi connectivity index (χ4v) is 3.24. The number of nitrogens with zero attached hydrogens (tertiary/aromatic N) is 1. The van der Waals surface area contributed by atoms with Gasteiger partial charge in [0.2, 0.25) is 10.0 Å². The third-order valence-electron chi connectivity index (χ3n) is 2.66. The molecule has 0 amide bonds. The number of Topliss-reactive ketones (excluding diaryl/α,β-unsaturated/α-hetero) is 1. The number of fused-ring (bicyclic) bond motifs is 1. The van der Waals surface area contributed by atoms with E-state index in [2.05, 4.69) is 0 Å². The zero-order valence-corrected chi connectivity index (χ0v) is 11.8. The fourth-order valence-electron chi connectivity index (χ4n) is 1.77. The quantitative estimate of drug-likeness (QED) is 0.568. The average molecular weight is 282 g/mol. The first-order valence-corrected chi connectivity index (χ1v) is 6.15. The minimum absolute atomic E-state index is 0. The Bertz CT molecular complexity index is 622. The molecular weight excluding hydrogens is 270 g/mol. The molecule has 1 aliphatic heterocycles. The molecule has 0 bridgehead atoms. The van der Waals surface area contributed by atoms with E-state index >= 15 is 0 Å². The van der Waals surface area contributed by atoms with Crippen molar-refractivity contribution in [1.82, 2.24) is 4.31 Å². The van der Waals surface area contributed by atoms with Crippen LogP contribution in [0, 0.1) is 0 Å². The zero-order valence-electron chi connectivity index (χ0n) is 11.5. The van der Waals surface area contributed by atoms with E-state index in [9.17, 15) is 18.0 Å². The van der Waals surface area contributed by atoms with Gasteiger partial charge in [-0.3, -0.25) is 4.79 Å². The number of sulfonamides is 1. The molecule has 1 heterocycles. The van der Waals surface area contributed by atoms with Crippen LogP contribution in [-0.2, 0) is 14.8 Å². The van der Waals surface area contributed by atoms with Crippen LogP contribution in [0.4, 0.5) is 0 Å². The molecule has 18 heavy (non-hydrogen) atoms. The Hall–Kier alpha value is -0.964. The summed E-state index contributed by atoms with van der Waals surface area (Å²) in [7, 11) is -2.83. The zero-order chi connectivity index (χ0) is 12.8. The Morgan fingerprint density at radius 1 is 1.39 bits per heavy atom. The van der Waals surface area contributed by atoms with Crippen LogP contribution in [0.3, 0.4) is 0 Å². The molecule has 0 fully saturated rings. The van der Waals surface area contributed by atoms with Crippen molar-refractivity contribution < 1.29 is 26.0 Å². The number of likely N-dealkylation sites (N-methyl/N-ethyl adjacent to an activating group) is 1. The molecule has 0 aliphatic carbocycles. The van der Waals surface area contributed by atoms with Gasteiger partial charge in [0.1, 0.15) is 0 Å². The summed E-state index contributed by atoms with van der Waals surface area (Å²) >= 11 is 0. The number of hydrogen-bond acceptors (Lipinski definition) is 4. The van der Waals surface area contributed by atoms with Gasteiger partial charge < -0.3 is 7.96 Å². The number of aliphatic carboxylic acids is 1. The van der Waals surface area contributed by atoms with E-state index < -0.39 is 27.8 Å². The van der Waals surface area contributed by atoms with Crippen LogP contribution in [0.5, 0.6) is 0 Å². The van der Waals surface area contributed by atoms with Crippen molar-refractivity contribution in [3.63, 3.8) is 0 Å².